The summed E-state index contributed by atoms with van der Waals surface area (Å²) in [5, 5.41) is 9.38. The number of fused-ring (bicyclic) bond motifs is 1. The second-order valence-corrected chi connectivity index (χ2v) is 4.53. The van der Waals surface area contributed by atoms with Crippen LogP contribution >= 0.6 is 0 Å². The molecular weight excluding hydrogens is 259 g/mol. The first-order valence-corrected chi connectivity index (χ1v) is 6.05. The average Bonchev–Trinajstić information content (AvgIpc) is 2.80. The molecule has 20 heavy (non-hydrogen) atoms. The van der Waals surface area contributed by atoms with Crippen LogP contribution in [0.2, 0.25) is 0 Å². The fraction of sp³-hybridized carbons (Fsp3) is 0.0667. The molecule has 0 spiro atoms. The molecule has 1 aromatic carbocycles. The van der Waals surface area contributed by atoms with E-state index < -0.39 is 11.8 Å². The van der Waals surface area contributed by atoms with Crippen LogP contribution in [-0.4, -0.2) is 20.5 Å². The van der Waals surface area contributed by atoms with Crippen LogP contribution in [-0.2, 0) is 0 Å². The number of aromatic carboxylic acids is 1. The van der Waals surface area contributed by atoms with Crippen LogP contribution in [0.15, 0.2) is 42.6 Å². The first kappa shape index (κ1) is 12.3. The normalized spacial score (nSPS) is 10.9. The van der Waals surface area contributed by atoms with Gasteiger partial charge in [-0.05, 0) is 19.1 Å². The van der Waals surface area contributed by atoms with Crippen LogP contribution in [0.1, 0.15) is 16.1 Å². The fourth-order valence-electron chi connectivity index (χ4n) is 2.15. The molecule has 1 N–H and O–H groups in total. The first-order valence-electron chi connectivity index (χ1n) is 6.05. The minimum Gasteiger partial charge on any atom is -0.476 e. The maximum absolute atomic E-state index is 13.7. The molecule has 0 amide bonds. The molecule has 0 radical (unpaired) electrons. The molecule has 0 unspecified atom stereocenters. The van der Waals surface area contributed by atoms with Gasteiger partial charge in [0.1, 0.15) is 5.69 Å². The largest absolute Gasteiger partial charge is 0.476 e. The lowest BCUT2D eigenvalue weighted by Crippen LogP contribution is -2.03. The third kappa shape index (κ3) is 1.84. The van der Waals surface area contributed by atoms with Crippen molar-refractivity contribution in [3.63, 3.8) is 0 Å². The van der Waals surface area contributed by atoms with Crippen LogP contribution in [0.3, 0.4) is 0 Å². The van der Waals surface area contributed by atoms with Crippen molar-refractivity contribution in [1.29, 1.82) is 0 Å². The van der Waals surface area contributed by atoms with E-state index in [9.17, 15) is 14.3 Å². The Labute approximate surface area is 114 Å². The SMILES string of the molecule is Cc1ccc(-c2nc3c(F)cccn3c2C(=O)O)cc1. The monoisotopic (exact) mass is 270 g/mol. The number of carbonyl (C=O) groups is 1. The van der Waals surface area contributed by atoms with Crippen molar-refractivity contribution in [3.8, 4) is 11.3 Å². The van der Waals surface area contributed by atoms with Crippen molar-refractivity contribution >= 4 is 11.6 Å². The zero-order valence-corrected chi connectivity index (χ0v) is 10.7. The zero-order chi connectivity index (χ0) is 14.3. The first-order chi connectivity index (χ1) is 9.58. The topological polar surface area (TPSA) is 54.6 Å². The molecule has 0 atom stereocenters. The second kappa shape index (κ2) is 4.45. The molecule has 0 saturated heterocycles. The van der Waals surface area contributed by atoms with Crippen molar-refractivity contribution in [2.75, 3.05) is 0 Å². The summed E-state index contributed by atoms with van der Waals surface area (Å²) in [5.41, 5.74) is 1.95. The van der Waals surface area contributed by atoms with Crippen molar-refractivity contribution in [2.24, 2.45) is 0 Å². The number of pyridine rings is 1. The molecule has 3 rings (SSSR count). The molecule has 3 aromatic rings. The Bertz CT molecular complexity index is 807. The molecule has 2 heterocycles. The highest BCUT2D eigenvalue weighted by molar-refractivity contribution is 5.94. The van der Waals surface area contributed by atoms with Gasteiger partial charge in [0.2, 0.25) is 0 Å². The molecule has 0 aliphatic carbocycles. The molecule has 0 aliphatic heterocycles. The van der Waals surface area contributed by atoms with Gasteiger partial charge < -0.3 is 5.11 Å². The van der Waals surface area contributed by atoms with Gasteiger partial charge in [-0.3, -0.25) is 4.40 Å². The molecule has 5 heteroatoms. The fourth-order valence-corrected chi connectivity index (χ4v) is 2.15. The Balaban J connectivity index is 2.35. The second-order valence-electron chi connectivity index (χ2n) is 4.53. The number of hydrogen-bond acceptors (Lipinski definition) is 2. The Morgan fingerprint density at radius 1 is 1.25 bits per heavy atom. The summed E-state index contributed by atoms with van der Waals surface area (Å²) in [5.74, 6) is -1.69. The van der Waals surface area contributed by atoms with Crippen LogP contribution in [0.4, 0.5) is 4.39 Å². The third-order valence-electron chi connectivity index (χ3n) is 3.13. The van der Waals surface area contributed by atoms with Crippen molar-refractivity contribution in [1.82, 2.24) is 9.38 Å². The third-order valence-corrected chi connectivity index (χ3v) is 3.13. The number of carboxylic acids is 1. The van der Waals surface area contributed by atoms with Crippen LogP contribution in [0.5, 0.6) is 0 Å². The predicted molar refractivity (Wildman–Crippen MR) is 72.3 cm³/mol. The van der Waals surface area contributed by atoms with Gasteiger partial charge in [0, 0.05) is 11.8 Å². The van der Waals surface area contributed by atoms with Crippen LogP contribution in [0, 0.1) is 12.7 Å². The summed E-state index contributed by atoms with van der Waals surface area (Å²) >= 11 is 0. The summed E-state index contributed by atoms with van der Waals surface area (Å²) in [6.45, 7) is 1.94. The Morgan fingerprint density at radius 2 is 1.95 bits per heavy atom. The number of halogens is 1. The molecule has 2 aromatic heterocycles. The smallest absolute Gasteiger partial charge is 0.355 e. The Morgan fingerprint density at radius 3 is 2.60 bits per heavy atom. The lowest BCUT2D eigenvalue weighted by Gasteiger charge is -2.01. The zero-order valence-electron chi connectivity index (χ0n) is 10.7. The maximum atomic E-state index is 13.7. The van der Waals surface area contributed by atoms with E-state index >= 15 is 0 Å². The van der Waals surface area contributed by atoms with E-state index in [2.05, 4.69) is 4.98 Å². The van der Waals surface area contributed by atoms with Gasteiger partial charge in [-0.1, -0.05) is 29.8 Å². The number of carboxylic acid groups (broad SMARTS) is 1. The van der Waals surface area contributed by atoms with Gasteiger partial charge in [0.25, 0.3) is 0 Å². The molecular formula is C15H11FN2O2. The van der Waals surface area contributed by atoms with Crippen molar-refractivity contribution in [2.45, 2.75) is 6.92 Å². The number of benzene rings is 1. The highest BCUT2D eigenvalue weighted by Crippen LogP contribution is 2.25. The number of aryl methyl sites for hydroxylation is 1. The number of rotatable bonds is 2. The quantitative estimate of drug-likeness (QED) is 0.778. The molecule has 0 bridgehead atoms. The summed E-state index contributed by atoms with van der Waals surface area (Å²) in [4.78, 5) is 15.6. The standard InChI is InChI=1S/C15H11FN2O2/c1-9-4-6-10(7-5-9)12-13(15(19)20)18-8-2-3-11(16)14(18)17-12/h2-8H,1H3,(H,19,20). The number of aromatic nitrogens is 2. The van der Waals surface area contributed by atoms with E-state index in [1.807, 2.05) is 19.1 Å². The van der Waals surface area contributed by atoms with E-state index in [1.54, 1.807) is 12.1 Å². The van der Waals surface area contributed by atoms with Gasteiger partial charge in [0.15, 0.2) is 17.2 Å². The molecule has 0 fully saturated rings. The van der Waals surface area contributed by atoms with Gasteiger partial charge in [0.05, 0.1) is 0 Å². The van der Waals surface area contributed by atoms with E-state index in [0.717, 1.165) is 5.56 Å². The van der Waals surface area contributed by atoms with E-state index in [-0.39, 0.29) is 17.0 Å². The number of hydrogen-bond donors (Lipinski definition) is 1. The molecule has 0 aliphatic rings. The predicted octanol–water partition coefficient (Wildman–Crippen LogP) is 3.15. The van der Waals surface area contributed by atoms with Gasteiger partial charge in [-0.2, -0.15) is 0 Å². The lowest BCUT2D eigenvalue weighted by atomic mass is 10.1. The van der Waals surface area contributed by atoms with Crippen molar-refractivity contribution < 1.29 is 14.3 Å². The van der Waals surface area contributed by atoms with Gasteiger partial charge in [-0.15, -0.1) is 0 Å². The lowest BCUT2D eigenvalue weighted by molar-refractivity contribution is 0.0690. The Hall–Kier alpha value is -2.69. The summed E-state index contributed by atoms with van der Waals surface area (Å²) in [6, 6.07) is 9.99. The molecule has 0 saturated carbocycles. The van der Waals surface area contributed by atoms with Crippen molar-refractivity contribution in [3.05, 3.63) is 59.7 Å². The minimum atomic E-state index is -1.14. The molecule has 4 nitrogen and oxygen atoms in total. The van der Waals surface area contributed by atoms with Crippen LogP contribution in [0.25, 0.3) is 16.9 Å². The highest BCUT2D eigenvalue weighted by Gasteiger charge is 2.21. The summed E-state index contributed by atoms with van der Waals surface area (Å²) in [7, 11) is 0. The van der Waals surface area contributed by atoms with E-state index in [0.29, 0.717) is 5.56 Å². The average molecular weight is 270 g/mol. The van der Waals surface area contributed by atoms with E-state index in [4.69, 9.17) is 0 Å². The molecule has 100 valence electrons. The van der Waals surface area contributed by atoms with Crippen LogP contribution < -0.4 is 0 Å². The summed E-state index contributed by atoms with van der Waals surface area (Å²) in [6.07, 6.45) is 1.49. The minimum absolute atomic E-state index is 0.0143. The van der Waals surface area contributed by atoms with Gasteiger partial charge in [-0.25, -0.2) is 14.2 Å². The Kier molecular flexibility index (Phi) is 2.75. The highest BCUT2D eigenvalue weighted by atomic mass is 19.1. The summed E-state index contributed by atoms with van der Waals surface area (Å²) < 4.78 is 15.0. The number of imidazole rings is 1. The number of nitrogens with zero attached hydrogens (tertiary/aromatic N) is 2. The van der Waals surface area contributed by atoms with E-state index in [1.165, 1.54) is 22.7 Å². The maximum Gasteiger partial charge on any atom is 0.355 e. The van der Waals surface area contributed by atoms with Gasteiger partial charge >= 0.3 is 5.97 Å².